The Hall–Kier alpha value is -5.11. The van der Waals surface area contributed by atoms with E-state index in [1.165, 1.54) is 54.6 Å². The van der Waals surface area contributed by atoms with Gasteiger partial charge in [0, 0.05) is 6.07 Å². The highest BCUT2D eigenvalue weighted by Crippen LogP contribution is 2.34. The van der Waals surface area contributed by atoms with Crippen LogP contribution in [0.4, 0.5) is 21.5 Å². The first kappa shape index (κ1) is 22.6. The van der Waals surface area contributed by atoms with Gasteiger partial charge in [0.2, 0.25) is 5.75 Å². The second kappa shape index (κ2) is 9.80. The molecule has 0 atom stereocenters. The lowest BCUT2D eigenvalue weighted by Gasteiger charge is -2.07. The number of benzene rings is 3. The maximum atomic E-state index is 13.7. The molecule has 0 aliphatic carbocycles. The van der Waals surface area contributed by atoms with Gasteiger partial charge < -0.3 is 10.1 Å². The smallest absolute Gasteiger partial charge is 0.318 e. The number of halogens is 1. The molecule has 0 spiro atoms. The number of nitriles is 1. The summed E-state index contributed by atoms with van der Waals surface area (Å²) in [6.07, 6.45) is 1.27. The van der Waals surface area contributed by atoms with E-state index in [1.54, 1.807) is 6.07 Å². The summed E-state index contributed by atoms with van der Waals surface area (Å²) in [5.41, 5.74) is -0.951. The molecule has 11 heteroatoms. The van der Waals surface area contributed by atoms with E-state index >= 15 is 0 Å². The van der Waals surface area contributed by atoms with Gasteiger partial charge in [0.05, 0.1) is 21.6 Å². The summed E-state index contributed by atoms with van der Waals surface area (Å²) in [6, 6.07) is 16.1. The molecular formula is C22H13FN4O6. The minimum atomic E-state index is -0.801. The molecule has 164 valence electrons. The molecule has 0 fully saturated rings. The fraction of sp³-hybridized carbons (Fsp3) is 0. The van der Waals surface area contributed by atoms with Gasteiger partial charge in [-0.05, 0) is 42.0 Å². The number of carbonyl (C=O) groups is 1. The van der Waals surface area contributed by atoms with Crippen molar-refractivity contribution in [3.8, 4) is 17.6 Å². The molecule has 0 saturated heterocycles. The van der Waals surface area contributed by atoms with Crippen molar-refractivity contribution in [3.05, 3.63) is 104 Å². The summed E-state index contributed by atoms with van der Waals surface area (Å²) < 4.78 is 19.2. The van der Waals surface area contributed by atoms with Crippen LogP contribution < -0.4 is 10.1 Å². The van der Waals surface area contributed by atoms with Gasteiger partial charge in [0.15, 0.2) is 0 Å². The van der Waals surface area contributed by atoms with E-state index in [1.807, 2.05) is 0 Å². The summed E-state index contributed by atoms with van der Waals surface area (Å²) in [7, 11) is 0. The van der Waals surface area contributed by atoms with Crippen LogP contribution in [0.1, 0.15) is 5.56 Å². The Kier molecular flexibility index (Phi) is 6.70. The number of carbonyl (C=O) groups excluding carboxylic acids is 1. The fourth-order valence-electron chi connectivity index (χ4n) is 2.67. The van der Waals surface area contributed by atoms with Crippen molar-refractivity contribution in [1.29, 1.82) is 5.26 Å². The minimum Gasteiger partial charge on any atom is -0.450 e. The molecule has 10 nitrogen and oxygen atoms in total. The third kappa shape index (κ3) is 5.53. The molecule has 1 amide bonds. The fourth-order valence-corrected chi connectivity index (χ4v) is 2.67. The molecule has 3 aromatic carbocycles. The van der Waals surface area contributed by atoms with E-state index in [0.29, 0.717) is 5.56 Å². The summed E-state index contributed by atoms with van der Waals surface area (Å²) in [5, 5.41) is 33.6. The maximum absolute atomic E-state index is 13.7. The maximum Gasteiger partial charge on any atom is 0.318 e. The van der Waals surface area contributed by atoms with Crippen molar-refractivity contribution in [3.63, 3.8) is 0 Å². The zero-order valence-corrected chi connectivity index (χ0v) is 16.6. The van der Waals surface area contributed by atoms with Crippen LogP contribution in [0, 0.1) is 37.4 Å². The summed E-state index contributed by atoms with van der Waals surface area (Å²) >= 11 is 0. The number of hydrogen-bond acceptors (Lipinski definition) is 7. The van der Waals surface area contributed by atoms with Crippen molar-refractivity contribution in [1.82, 2.24) is 0 Å². The Bertz CT molecular complexity index is 1320. The predicted octanol–water partition coefficient (Wildman–Crippen LogP) is 4.98. The molecule has 0 aromatic heterocycles. The first-order chi connectivity index (χ1) is 15.8. The Morgan fingerprint density at radius 1 is 1.03 bits per heavy atom. The SMILES string of the molecule is N#C/C(=C/c1ccc(Oc2ccc([N+](=O)[O-])cc2[N+](=O)[O-])cc1)C(=O)Nc1ccccc1F. The molecule has 0 saturated carbocycles. The lowest BCUT2D eigenvalue weighted by molar-refractivity contribution is -0.394. The van der Waals surface area contributed by atoms with Crippen molar-refractivity contribution in [2.75, 3.05) is 5.32 Å². The van der Waals surface area contributed by atoms with Crippen molar-refractivity contribution >= 4 is 29.0 Å². The van der Waals surface area contributed by atoms with Crippen molar-refractivity contribution < 1.29 is 23.8 Å². The van der Waals surface area contributed by atoms with E-state index in [9.17, 15) is 34.7 Å². The molecular weight excluding hydrogens is 435 g/mol. The van der Waals surface area contributed by atoms with Gasteiger partial charge in [-0.25, -0.2) is 4.39 Å². The van der Waals surface area contributed by atoms with Gasteiger partial charge in [-0.15, -0.1) is 0 Å². The Balaban J connectivity index is 1.78. The quantitative estimate of drug-likeness (QED) is 0.232. The normalized spacial score (nSPS) is 10.7. The van der Waals surface area contributed by atoms with E-state index < -0.39 is 32.9 Å². The number of nitro groups is 2. The van der Waals surface area contributed by atoms with Gasteiger partial charge in [0.25, 0.3) is 11.6 Å². The summed E-state index contributed by atoms with van der Waals surface area (Å²) in [6.45, 7) is 0. The average Bonchev–Trinajstić information content (AvgIpc) is 2.80. The number of nitrogens with one attached hydrogen (secondary N) is 1. The van der Waals surface area contributed by atoms with Crippen LogP contribution in [0.5, 0.6) is 11.5 Å². The molecule has 0 unspecified atom stereocenters. The highest BCUT2D eigenvalue weighted by molar-refractivity contribution is 6.09. The number of nitrogens with zero attached hydrogens (tertiary/aromatic N) is 3. The number of hydrogen-bond donors (Lipinski definition) is 1. The topological polar surface area (TPSA) is 148 Å². The Labute approximate surface area is 185 Å². The van der Waals surface area contributed by atoms with Crippen LogP contribution >= 0.6 is 0 Å². The van der Waals surface area contributed by atoms with Gasteiger partial charge in [-0.3, -0.25) is 25.0 Å². The van der Waals surface area contributed by atoms with Crippen LogP contribution in [0.3, 0.4) is 0 Å². The van der Waals surface area contributed by atoms with E-state index in [-0.39, 0.29) is 22.8 Å². The third-order valence-corrected chi connectivity index (χ3v) is 4.26. The van der Waals surface area contributed by atoms with Crippen LogP contribution in [-0.2, 0) is 4.79 Å². The van der Waals surface area contributed by atoms with Gasteiger partial charge in [-0.1, -0.05) is 24.3 Å². The molecule has 0 aliphatic rings. The van der Waals surface area contributed by atoms with Crippen LogP contribution in [0.2, 0.25) is 0 Å². The number of amides is 1. The van der Waals surface area contributed by atoms with E-state index in [2.05, 4.69) is 5.32 Å². The molecule has 33 heavy (non-hydrogen) atoms. The number of para-hydroxylation sites is 1. The molecule has 0 bridgehead atoms. The monoisotopic (exact) mass is 448 g/mol. The number of non-ortho nitro benzene ring substituents is 1. The second-order valence-corrected chi connectivity index (χ2v) is 6.44. The van der Waals surface area contributed by atoms with Gasteiger partial charge in [0.1, 0.15) is 23.2 Å². The van der Waals surface area contributed by atoms with Crippen LogP contribution in [-0.4, -0.2) is 15.8 Å². The highest BCUT2D eigenvalue weighted by atomic mass is 19.1. The minimum absolute atomic E-state index is 0.0721. The molecule has 3 rings (SSSR count). The summed E-state index contributed by atoms with van der Waals surface area (Å²) in [5.74, 6) is -1.47. The molecule has 1 N–H and O–H groups in total. The van der Waals surface area contributed by atoms with Crippen LogP contribution in [0.25, 0.3) is 6.08 Å². The van der Waals surface area contributed by atoms with Crippen molar-refractivity contribution in [2.24, 2.45) is 0 Å². The van der Waals surface area contributed by atoms with Gasteiger partial charge >= 0.3 is 5.69 Å². The lowest BCUT2D eigenvalue weighted by atomic mass is 10.1. The average molecular weight is 448 g/mol. The number of rotatable bonds is 7. The van der Waals surface area contributed by atoms with E-state index in [4.69, 9.17) is 4.74 Å². The number of anilines is 1. The van der Waals surface area contributed by atoms with Crippen LogP contribution in [0.15, 0.2) is 72.3 Å². The number of ether oxygens (including phenoxy) is 1. The first-order valence-corrected chi connectivity index (χ1v) is 9.17. The molecule has 0 heterocycles. The Morgan fingerprint density at radius 3 is 2.33 bits per heavy atom. The zero-order valence-electron chi connectivity index (χ0n) is 16.6. The zero-order chi connectivity index (χ0) is 24.0. The van der Waals surface area contributed by atoms with Gasteiger partial charge in [-0.2, -0.15) is 5.26 Å². The van der Waals surface area contributed by atoms with Crippen molar-refractivity contribution in [2.45, 2.75) is 0 Å². The lowest BCUT2D eigenvalue weighted by Crippen LogP contribution is -2.14. The van der Waals surface area contributed by atoms with E-state index in [0.717, 1.165) is 18.2 Å². The summed E-state index contributed by atoms with van der Waals surface area (Å²) in [4.78, 5) is 32.8. The predicted molar refractivity (Wildman–Crippen MR) is 115 cm³/mol. The number of nitro benzene ring substituents is 2. The standard InChI is InChI=1S/C22H13FN4O6/c23-18-3-1-2-4-19(18)25-22(28)15(13-24)11-14-5-8-17(9-6-14)33-21-10-7-16(26(29)30)12-20(21)27(31)32/h1-12H,(H,25,28)/b15-11-. The molecule has 3 aromatic rings. The second-order valence-electron chi connectivity index (χ2n) is 6.44. The largest absolute Gasteiger partial charge is 0.450 e. The molecule has 0 aliphatic heterocycles. The highest BCUT2D eigenvalue weighted by Gasteiger charge is 2.21. The molecule has 0 radical (unpaired) electrons. The third-order valence-electron chi connectivity index (χ3n) is 4.26. The Morgan fingerprint density at radius 2 is 1.73 bits per heavy atom. The first-order valence-electron chi connectivity index (χ1n) is 9.17.